The Morgan fingerprint density at radius 1 is 1.43 bits per heavy atom. The van der Waals surface area contributed by atoms with E-state index >= 15 is 0 Å². The van der Waals surface area contributed by atoms with Crippen molar-refractivity contribution in [1.82, 2.24) is 14.7 Å². The highest BCUT2D eigenvalue weighted by molar-refractivity contribution is 5.76. The molecule has 0 spiro atoms. The van der Waals surface area contributed by atoms with Crippen LogP contribution in [-0.4, -0.2) is 44.8 Å². The number of likely N-dealkylation sites (tertiary alicyclic amines) is 1. The molecule has 0 bridgehead atoms. The Bertz CT molecular complexity index is 524. The number of carbonyl (C=O) groups is 2. The Balaban J connectivity index is 1.89. The quantitative estimate of drug-likeness (QED) is 0.894. The van der Waals surface area contributed by atoms with Crippen LogP contribution in [0.2, 0.25) is 0 Å². The van der Waals surface area contributed by atoms with Crippen LogP contribution in [0.15, 0.2) is 6.07 Å². The summed E-state index contributed by atoms with van der Waals surface area (Å²) in [5, 5.41) is 13.1. The first-order chi connectivity index (χ1) is 9.95. The number of hydrogen-bond acceptors (Lipinski definition) is 3. The Morgan fingerprint density at radius 2 is 2.19 bits per heavy atom. The number of piperidine rings is 1. The molecule has 116 valence electrons. The van der Waals surface area contributed by atoms with Crippen molar-refractivity contribution in [3.05, 3.63) is 17.5 Å². The van der Waals surface area contributed by atoms with Gasteiger partial charge in [0.1, 0.15) is 6.54 Å². The maximum Gasteiger partial charge on any atom is 0.303 e. The molecular weight excluding hydrogens is 270 g/mol. The largest absolute Gasteiger partial charge is 0.481 e. The fraction of sp³-hybridized carbons (Fsp3) is 0.667. The second kappa shape index (κ2) is 6.74. The van der Waals surface area contributed by atoms with E-state index in [1.165, 1.54) is 0 Å². The molecule has 1 aromatic heterocycles. The lowest BCUT2D eigenvalue weighted by molar-refractivity contribution is -0.137. The lowest BCUT2D eigenvalue weighted by Crippen LogP contribution is -2.41. The van der Waals surface area contributed by atoms with Crippen LogP contribution in [-0.2, 0) is 16.1 Å². The minimum Gasteiger partial charge on any atom is -0.481 e. The molecule has 0 saturated carbocycles. The number of amides is 1. The zero-order valence-corrected chi connectivity index (χ0v) is 12.7. The van der Waals surface area contributed by atoms with Crippen molar-refractivity contribution < 1.29 is 14.7 Å². The maximum atomic E-state index is 12.4. The molecule has 0 aromatic carbocycles. The SMILES string of the molecule is Cc1cc(C)n(CC(=O)N2CCCC(CCC(=O)O)C2)n1. The van der Waals surface area contributed by atoms with E-state index in [2.05, 4.69) is 5.10 Å². The zero-order valence-electron chi connectivity index (χ0n) is 12.7. The summed E-state index contributed by atoms with van der Waals surface area (Å²) >= 11 is 0. The highest BCUT2D eigenvalue weighted by Gasteiger charge is 2.24. The molecule has 21 heavy (non-hydrogen) atoms. The number of carboxylic acids is 1. The summed E-state index contributed by atoms with van der Waals surface area (Å²) in [7, 11) is 0. The van der Waals surface area contributed by atoms with Gasteiger partial charge in [0.15, 0.2) is 0 Å². The number of nitrogens with zero attached hydrogens (tertiary/aromatic N) is 3. The molecule has 1 aromatic rings. The molecular formula is C15H23N3O3. The van der Waals surface area contributed by atoms with Gasteiger partial charge in [0.25, 0.3) is 0 Å². The fourth-order valence-corrected chi connectivity index (χ4v) is 2.92. The topological polar surface area (TPSA) is 75.4 Å². The molecule has 2 rings (SSSR count). The van der Waals surface area contributed by atoms with E-state index < -0.39 is 5.97 Å². The lowest BCUT2D eigenvalue weighted by atomic mass is 9.93. The summed E-state index contributed by atoms with van der Waals surface area (Å²) in [4.78, 5) is 24.9. The molecule has 1 fully saturated rings. The van der Waals surface area contributed by atoms with Crippen LogP contribution in [0.4, 0.5) is 0 Å². The first-order valence-corrected chi connectivity index (χ1v) is 7.46. The molecule has 1 aliphatic rings. The van der Waals surface area contributed by atoms with E-state index in [1.54, 1.807) is 4.68 Å². The summed E-state index contributed by atoms with van der Waals surface area (Å²) in [6.45, 7) is 5.56. The monoisotopic (exact) mass is 293 g/mol. The number of aliphatic carboxylic acids is 1. The molecule has 6 nitrogen and oxygen atoms in total. The smallest absolute Gasteiger partial charge is 0.303 e. The number of carboxylic acid groups (broad SMARTS) is 1. The molecule has 0 radical (unpaired) electrons. The van der Waals surface area contributed by atoms with E-state index in [1.807, 2.05) is 24.8 Å². The van der Waals surface area contributed by atoms with Gasteiger partial charge in [-0.1, -0.05) is 0 Å². The summed E-state index contributed by atoms with van der Waals surface area (Å²) in [6.07, 6.45) is 2.80. The summed E-state index contributed by atoms with van der Waals surface area (Å²) in [6, 6.07) is 1.96. The Morgan fingerprint density at radius 3 is 2.81 bits per heavy atom. The molecule has 1 aliphatic heterocycles. The van der Waals surface area contributed by atoms with Crippen LogP contribution in [0.3, 0.4) is 0 Å². The molecule has 0 aliphatic carbocycles. The van der Waals surface area contributed by atoms with Gasteiger partial charge in [-0.15, -0.1) is 0 Å². The highest BCUT2D eigenvalue weighted by Crippen LogP contribution is 2.21. The van der Waals surface area contributed by atoms with Crippen LogP contribution >= 0.6 is 0 Å². The second-order valence-electron chi connectivity index (χ2n) is 5.87. The standard InChI is InChI=1S/C15H23N3O3/c1-11-8-12(2)18(16-11)10-14(19)17-7-3-4-13(9-17)5-6-15(20)21/h8,13H,3-7,9-10H2,1-2H3,(H,20,21). The van der Waals surface area contributed by atoms with Crippen molar-refractivity contribution in [2.45, 2.75) is 46.1 Å². The minimum atomic E-state index is -0.763. The molecule has 2 heterocycles. The van der Waals surface area contributed by atoms with Crippen molar-refractivity contribution in [3.63, 3.8) is 0 Å². The van der Waals surface area contributed by atoms with Crippen LogP contribution in [0.25, 0.3) is 0 Å². The molecule has 1 atom stereocenters. The van der Waals surface area contributed by atoms with Crippen molar-refractivity contribution in [2.75, 3.05) is 13.1 Å². The zero-order chi connectivity index (χ0) is 15.4. The first-order valence-electron chi connectivity index (χ1n) is 7.46. The Kier molecular flexibility index (Phi) is 4.98. The van der Waals surface area contributed by atoms with Crippen LogP contribution in [0.5, 0.6) is 0 Å². The molecule has 1 N–H and O–H groups in total. The average molecular weight is 293 g/mol. The average Bonchev–Trinajstić information content (AvgIpc) is 2.75. The van der Waals surface area contributed by atoms with Gasteiger partial charge < -0.3 is 10.0 Å². The minimum absolute atomic E-state index is 0.0706. The number of aryl methyl sites for hydroxylation is 2. The normalized spacial score (nSPS) is 18.8. The third-order valence-electron chi connectivity index (χ3n) is 4.03. The highest BCUT2D eigenvalue weighted by atomic mass is 16.4. The van der Waals surface area contributed by atoms with Gasteiger partial charge in [-0.2, -0.15) is 5.10 Å². The van der Waals surface area contributed by atoms with Crippen LogP contribution in [0.1, 0.15) is 37.1 Å². The molecule has 1 saturated heterocycles. The number of hydrogen-bond donors (Lipinski definition) is 1. The van der Waals surface area contributed by atoms with Gasteiger partial charge in [-0.3, -0.25) is 14.3 Å². The summed E-state index contributed by atoms with van der Waals surface area (Å²) in [5.74, 6) is -0.387. The predicted molar refractivity (Wildman–Crippen MR) is 77.9 cm³/mol. The Hall–Kier alpha value is -1.85. The van der Waals surface area contributed by atoms with E-state index in [0.29, 0.717) is 18.9 Å². The van der Waals surface area contributed by atoms with E-state index in [4.69, 9.17) is 5.11 Å². The first kappa shape index (κ1) is 15.5. The van der Waals surface area contributed by atoms with Gasteiger partial charge in [0.05, 0.1) is 5.69 Å². The van der Waals surface area contributed by atoms with E-state index in [9.17, 15) is 9.59 Å². The number of aromatic nitrogens is 2. The van der Waals surface area contributed by atoms with E-state index in [-0.39, 0.29) is 18.9 Å². The van der Waals surface area contributed by atoms with Crippen LogP contribution in [0, 0.1) is 19.8 Å². The lowest BCUT2D eigenvalue weighted by Gasteiger charge is -2.32. The third-order valence-corrected chi connectivity index (χ3v) is 4.03. The van der Waals surface area contributed by atoms with Crippen molar-refractivity contribution in [3.8, 4) is 0 Å². The third kappa shape index (κ3) is 4.31. The van der Waals surface area contributed by atoms with Gasteiger partial charge >= 0.3 is 5.97 Å². The van der Waals surface area contributed by atoms with Crippen molar-refractivity contribution in [2.24, 2.45) is 5.92 Å². The Labute approximate surface area is 124 Å². The maximum absolute atomic E-state index is 12.4. The van der Waals surface area contributed by atoms with Gasteiger partial charge in [-0.25, -0.2) is 0 Å². The van der Waals surface area contributed by atoms with Crippen molar-refractivity contribution >= 4 is 11.9 Å². The van der Waals surface area contributed by atoms with E-state index in [0.717, 1.165) is 30.8 Å². The summed E-state index contributed by atoms with van der Waals surface area (Å²) < 4.78 is 1.73. The van der Waals surface area contributed by atoms with Gasteiger partial charge in [0, 0.05) is 25.2 Å². The predicted octanol–water partition coefficient (Wildman–Crippen LogP) is 1.60. The van der Waals surface area contributed by atoms with Gasteiger partial charge in [-0.05, 0) is 45.1 Å². The van der Waals surface area contributed by atoms with Crippen LogP contribution < -0.4 is 0 Å². The summed E-state index contributed by atoms with van der Waals surface area (Å²) in [5.41, 5.74) is 1.90. The number of carbonyl (C=O) groups excluding carboxylic acids is 1. The number of rotatable bonds is 5. The van der Waals surface area contributed by atoms with Gasteiger partial charge in [0.2, 0.25) is 5.91 Å². The van der Waals surface area contributed by atoms with Crippen molar-refractivity contribution in [1.29, 1.82) is 0 Å². The molecule has 1 unspecified atom stereocenters. The molecule has 6 heteroatoms. The fourth-order valence-electron chi connectivity index (χ4n) is 2.92. The molecule has 1 amide bonds. The second-order valence-corrected chi connectivity index (χ2v) is 5.87.